The summed E-state index contributed by atoms with van der Waals surface area (Å²) in [5.41, 5.74) is 1.21. The van der Waals surface area contributed by atoms with E-state index >= 15 is 0 Å². The number of ether oxygens (including phenoxy) is 1. The third-order valence-electron chi connectivity index (χ3n) is 5.19. The largest absolute Gasteiger partial charge is 0.361 e. The van der Waals surface area contributed by atoms with Crippen LogP contribution in [0.4, 0.5) is 0 Å². The van der Waals surface area contributed by atoms with Crippen molar-refractivity contribution in [2.45, 2.75) is 38.8 Å². The molecule has 32 heavy (non-hydrogen) atoms. The first kappa shape index (κ1) is 24.5. The van der Waals surface area contributed by atoms with E-state index in [1.807, 2.05) is 21.6 Å². The number of thioether (sulfide) groups is 1. The monoisotopic (exact) mass is 475 g/mol. The first-order valence-electron chi connectivity index (χ1n) is 10.9. The summed E-state index contributed by atoms with van der Waals surface area (Å²) in [6.45, 7) is 8.93. The number of carbonyl (C=O) groups excluding carboxylic acids is 2. The van der Waals surface area contributed by atoms with Crippen LogP contribution in [-0.2, 0) is 16.3 Å². The molecule has 0 unspecified atom stereocenters. The van der Waals surface area contributed by atoms with Crippen molar-refractivity contribution in [3.8, 4) is 0 Å². The van der Waals surface area contributed by atoms with E-state index in [4.69, 9.17) is 4.74 Å². The Labute approximate surface area is 195 Å². The lowest BCUT2D eigenvalue weighted by atomic mass is 10.2. The lowest BCUT2D eigenvalue weighted by molar-refractivity contribution is -0.129. The maximum atomic E-state index is 13.2. The van der Waals surface area contributed by atoms with Gasteiger partial charge < -0.3 is 19.1 Å². The van der Waals surface area contributed by atoms with Crippen LogP contribution in [0.3, 0.4) is 0 Å². The number of amides is 2. The van der Waals surface area contributed by atoms with Crippen LogP contribution in [0.15, 0.2) is 29.5 Å². The van der Waals surface area contributed by atoms with Gasteiger partial charge in [-0.3, -0.25) is 9.59 Å². The van der Waals surface area contributed by atoms with Gasteiger partial charge in [0.05, 0.1) is 12.1 Å². The van der Waals surface area contributed by atoms with Gasteiger partial charge in [-0.25, -0.2) is 4.98 Å². The van der Waals surface area contributed by atoms with Crippen LogP contribution >= 0.6 is 11.8 Å². The van der Waals surface area contributed by atoms with Gasteiger partial charge in [0.1, 0.15) is 12.4 Å². The Morgan fingerprint density at radius 2 is 2.09 bits per heavy atom. The molecular weight excluding hydrogens is 442 g/mol. The molecule has 0 saturated carbocycles. The Morgan fingerprint density at radius 1 is 1.31 bits per heavy atom. The molecule has 1 aliphatic rings. The summed E-state index contributed by atoms with van der Waals surface area (Å²) in [6.07, 6.45) is 4.45. The molecule has 1 fully saturated rings. The molecule has 1 aliphatic heterocycles. The maximum absolute atomic E-state index is 13.2. The van der Waals surface area contributed by atoms with E-state index in [0.29, 0.717) is 36.3 Å². The number of rotatable bonds is 8. The van der Waals surface area contributed by atoms with Crippen molar-refractivity contribution in [2.24, 2.45) is 4.99 Å². The van der Waals surface area contributed by atoms with Crippen molar-refractivity contribution in [3.63, 3.8) is 0 Å². The van der Waals surface area contributed by atoms with E-state index in [2.05, 4.69) is 29.6 Å². The van der Waals surface area contributed by atoms with Crippen LogP contribution in [0, 0.1) is 0 Å². The van der Waals surface area contributed by atoms with Crippen molar-refractivity contribution in [2.75, 3.05) is 39.5 Å². The number of amidine groups is 1. The number of likely N-dealkylation sites (N-methyl/N-ethyl adjacent to an activating group) is 1. The minimum Gasteiger partial charge on any atom is -0.361 e. The molecule has 2 amide bonds. The van der Waals surface area contributed by atoms with Crippen molar-refractivity contribution in [1.29, 1.82) is 0 Å². The minimum atomic E-state index is -1.17. The number of aromatic nitrogens is 2. The molecule has 1 saturated heterocycles. The first-order chi connectivity index (χ1) is 15.2. The molecule has 0 radical (unpaired) electrons. The van der Waals surface area contributed by atoms with Gasteiger partial charge in [0.25, 0.3) is 5.91 Å². The van der Waals surface area contributed by atoms with E-state index in [9.17, 15) is 9.59 Å². The number of carbonyl (C=O) groups is 2. The Morgan fingerprint density at radius 3 is 2.81 bits per heavy atom. The second kappa shape index (κ2) is 10.6. The highest BCUT2D eigenvalue weighted by molar-refractivity contribution is 8.13. The van der Waals surface area contributed by atoms with E-state index < -0.39 is 8.07 Å². The van der Waals surface area contributed by atoms with Crippen LogP contribution < -0.4 is 0 Å². The second-order valence-electron chi connectivity index (χ2n) is 9.35. The average molecular weight is 476 g/mol. The third kappa shape index (κ3) is 6.43. The maximum Gasteiger partial charge on any atom is 0.281 e. The van der Waals surface area contributed by atoms with E-state index in [0.717, 1.165) is 23.6 Å². The van der Waals surface area contributed by atoms with Crippen molar-refractivity contribution in [1.82, 2.24) is 19.4 Å². The fourth-order valence-electron chi connectivity index (χ4n) is 3.24. The fraction of sp³-hybridized carbons (Fsp3) is 0.545. The molecule has 3 heterocycles. The zero-order valence-electron chi connectivity index (χ0n) is 19.6. The van der Waals surface area contributed by atoms with Crippen LogP contribution in [0.2, 0.25) is 25.7 Å². The quantitative estimate of drug-likeness (QED) is 0.430. The zero-order chi connectivity index (χ0) is 23.3. The second-order valence-corrected chi connectivity index (χ2v) is 16.0. The number of aliphatic imine (C=N–C) groups is 1. The van der Waals surface area contributed by atoms with E-state index in [-0.39, 0.29) is 18.4 Å². The standard InChI is InChI=1S/C22H33N5O3SSi/c1-25(2)19(28)15-26-10-7-12-31-22(26)24-21(29)18-14-27(16-30-11-13-32(3,4)5)20-17(18)8-6-9-23-20/h6,8-9,14H,7,10-13,15-16H2,1-5H3. The highest BCUT2D eigenvalue weighted by atomic mass is 32.2. The van der Waals surface area contributed by atoms with Gasteiger partial charge in [0.15, 0.2) is 5.17 Å². The highest BCUT2D eigenvalue weighted by Crippen LogP contribution is 2.23. The summed E-state index contributed by atoms with van der Waals surface area (Å²) in [7, 11) is 2.29. The number of nitrogens with zero attached hydrogens (tertiary/aromatic N) is 5. The van der Waals surface area contributed by atoms with Crippen LogP contribution in [0.5, 0.6) is 0 Å². The molecule has 0 spiro atoms. The summed E-state index contributed by atoms with van der Waals surface area (Å²) < 4.78 is 7.76. The molecular formula is C22H33N5O3SSi. The minimum absolute atomic E-state index is 0.0103. The highest BCUT2D eigenvalue weighted by Gasteiger charge is 2.23. The Kier molecular flexibility index (Phi) is 8.13. The Bertz CT molecular complexity index is 999. The Hall–Kier alpha value is -2.17. The normalized spacial score (nSPS) is 16.0. The predicted octanol–water partition coefficient (Wildman–Crippen LogP) is 3.37. The van der Waals surface area contributed by atoms with Gasteiger partial charge in [-0.05, 0) is 24.6 Å². The molecule has 10 heteroatoms. The summed E-state index contributed by atoms with van der Waals surface area (Å²) >= 11 is 1.52. The molecule has 0 aromatic carbocycles. The lowest BCUT2D eigenvalue weighted by Gasteiger charge is -2.29. The lowest BCUT2D eigenvalue weighted by Crippen LogP contribution is -2.42. The van der Waals surface area contributed by atoms with Gasteiger partial charge in [-0.2, -0.15) is 4.99 Å². The van der Waals surface area contributed by atoms with E-state index in [1.165, 1.54) is 11.8 Å². The SMILES string of the molecule is CN(C)C(=O)CN1CCCSC1=NC(=O)c1cn(COCC[Si](C)(C)C)c2ncccc12. The van der Waals surface area contributed by atoms with Crippen molar-refractivity contribution >= 4 is 47.9 Å². The molecule has 0 bridgehead atoms. The summed E-state index contributed by atoms with van der Waals surface area (Å²) in [4.78, 5) is 37.7. The zero-order valence-corrected chi connectivity index (χ0v) is 21.4. The number of hydrogen-bond donors (Lipinski definition) is 0. The summed E-state index contributed by atoms with van der Waals surface area (Å²) in [6, 6.07) is 4.79. The molecule has 174 valence electrons. The van der Waals surface area contributed by atoms with Crippen LogP contribution in [0.25, 0.3) is 11.0 Å². The molecule has 0 aliphatic carbocycles. The molecule has 2 aromatic heterocycles. The van der Waals surface area contributed by atoms with E-state index in [1.54, 1.807) is 31.4 Å². The van der Waals surface area contributed by atoms with Gasteiger partial charge in [0.2, 0.25) is 5.91 Å². The van der Waals surface area contributed by atoms with Gasteiger partial charge in [-0.15, -0.1) is 0 Å². The van der Waals surface area contributed by atoms with Gasteiger partial charge in [-0.1, -0.05) is 31.4 Å². The molecule has 8 nitrogen and oxygen atoms in total. The molecule has 2 aromatic rings. The van der Waals surface area contributed by atoms with Crippen LogP contribution in [-0.4, -0.2) is 84.0 Å². The fourth-order valence-corrected chi connectivity index (χ4v) is 4.94. The smallest absolute Gasteiger partial charge is 0.281 e. The summed E-state index contributed by atoms with van der Waals surface area (Å²) in [5, 5.41) is 1.36. The first-order valence-corrected chi connectivity index (χ1v) is 15.6. The predicted molar refractivity (Wildman–Crippen MR) is 133 cm³/mol. The van der Waals surface area contributed by atoms with Gasteiger partial charge >= 0.3 is 0 Å². The van der Waals surface area contributed by atoms with Gasteiger partial charge in [0, 0.05) is 58.9 Å². The third-order valence-corrected chi connectivity index (χ3v) is 7.99. The number of fused-ring (bicyclic) bond motifs is 1. The number of hydrogen-bond acceptors (Lipinski definition) is 5. The summed E-state index contributed by atoms with van der Waals surface area (Å²) in [5.74, 6) is 0.548. The van der Waals surface area contributed by atoms with Crippen LogP contribution in [0.1, 0.15) is 16.8 Å². The number of pyridine rings is 1. The average Bonchev–Trinajstić information content (AvgIpc) is 3.11. The van der Waals surface area contributed by atoms with Crippen molar-refractivity contribution in [3.05, 3.63) is 30.1 Å². The Balaban J connectivity index is 1.80. The molecule has 0 N–H and O–H groups in total. The molecule has 0 atom stereocenters. The topological polar surface area (TPSA) is 80.0 Å². The molecule has 3 rings (SSSR count). The van der Waals surface area contributed by atoms with Crippen molar-refractivity contribution < 1.29 is 14.3 Å².